The molecule has 0 saturated carbocycles. The molecule has 35 heavy (non-hydrogen) atoms. The van der Waals surface area contributed by atoms with E-state index in [0.717, 1.165) is 16.7 Å². The first-order valence-electron chi connectivity index (χ1n) is 10.8. The summed E-state index contributed by atoms with van der Waals surface area (Å²) in [5.41, 5.74) is 10.3. The van der Waals surface area contributed by atoms with E-state index in [-0.39, 0.29) is 11.7 Å². The van der Waals surface area contributed by atoms with Gasteiger partial charge in [0.05, 0.1) is 5.56 Å². The van der Waals surface area contributed by atoms with Crippen LogP contribution in [-0.4, -0.2) is 26.4 Å². The van der Waals surface area contributed by atoms with E-state index >= 15 is 0 Å². The number of halogens is 1. The summed E-state index contributed by atoms with van der Waals surface area (Å²) >= 11 is 0. The number of nitrogens with two attached hydrogens (primary N) is 1. The molecule has 0 radical (unpaired) electrons. The number of amides is 2. The Balaban J connectivity index is 1.56. The van der Waals surface area contributed by atoms with E-state index in [0.29, 0.717) is 33.8 Å². The quantitative estimate of drug-likeness (QED) is 0.387. The van der Waals surface area contributed by atoms with Crippen LogP contribution in [0.2, 0.25) is 0 Å². The Morgan fingerprint density at radius 3 is 2.40 bits per heavy atom. The van der Waals surface area contributed by atoms with Crippen molar-refractivity contribution in [3.8, 4) is 22.5 Å². The number of benzene rings is 3. The summed E-state index contributed by atoms with van der Waals surface area (Å²) in [5, 5.41) is 11.5. The Morgan fingerprint density at radius 2 is 1.63 bits per heavy atom. The minimum absolute atomic E-state index is 0.305. The molecule has 0 unspecified atom stereocenters. The molecule has 2 amide bonds. The van der Waals surface area contributed by atoms with Gasteiger partial charge in [0.25, 0.3) is 5.91 Å². The lowest BCUT2D eigenvalue weighted by Crippen LogP contribution is -2.13. The summed E-state index contributed by atoms with van der Waals surface area (Å²) in [6.07, 6.45) is 1.81. The number of nitrogens with one attached hydrogen (secondary N) is 1. The van der Waals surface area contributed by atoms with Crippen molar-refractivity contribution in [2.24, 2.45) is 5.73 Å². The predicted octanol–water partition coefficient (Wildman–Crippen LogP) is 4.86. The summed E-state index contributed by atoms with van der Waals surface area (Å²) in [6, 6.07) is 21.9. The second kappa shape index (κ2) is 8.83. The lowest BCUT2D eigenvalue weighted by atomic mass is 9.99. The molecule has 5 aromatic rings. The molecule has 0 aliphatic heterocycles. The minimum Gasteiger partial charge on any atom is -0.366 e. The van der Waals surface area contributed by atoms with Gasteiger partial charge in [-0.1, -0.05) is 30.3 Å². The number of hydrogen-bond acceptors (Lipinski definition) is 4. The maximum absolute atomic E-state index is 13.2. The van der Waals surface area contributed by atoms with Crippen molar-refractivity contribution in [2.45, 2.75) is 6.92 Å². The van der Waals surface area contributed by atoms with Crippen molar-refractivity contribution in [3.63, 3.8) is 0 Å². The summed E-state index contributed by atoms with van der Waals surface area (Å²) in [5.74, 6) is -0.748. The first kappa shape index (κ1) is 22.0. The number of hydrogen-bond donors (Lipinski definition) is 2. The van der Waals surface area contributed by atoms with Gasteiger partial charge in [-0.25, -0.2) is 4.39 Å². The SMILES string of the molecule is Cc1ccc(-c2cccn3c(-c4ccccc4C(N)=O)nnc23)cc1C(=O)Nc1ccc(F)cc1. The van der Waals surface area contributed by atoms with Gasteiger partial charge in [0.15, 0.2) is 11.5 Å². The fraction of sp³-hybridized carbons (Fsp3) is 0.0370. The number of fused-ring (bicyclic) bond motifs is 1. The molecule has 0 bridgehead atoms. The van der Waals surface area contributed by atoms with Gasteiger partial charge in [0.1, 0.15) is 5.82 Å². The van der Waals surface area contributed by atoms with Gasteiger partial charge < -0.3 is 11.1 Å². The van der Waals surface area contributed by atoms with Crippen LogP contribution in [0.3, 0.4) is 0 Å². The second-order valence-corrected chi connectivity index (χ2v) is 8.04. The van der Waals surface area contributed by atoms with Crippen molar-refractivity contribution < 1.29 is 14.0 Å². The Labute approximate surface area is 200 Å². The number of carbonyl (C=O) groups excluding carboxylic acids is 2. The van der Waals surface area contributed by atoms with Gasteiger partial charge in [0.2, 0.25) is 5.91 Å². The molecule has 0 fully saturated rings. The number of anilines is 1. The molecule has 3 aromatic carbocycles. The van der Waals surface area contributed by atoms with Crippen molar-refractivity contribution in [2.75, 3.05) is 5.32 Å². The Morgan fingerprint density at radius 1 is 0.886 bits per heavy atom. The number of aromatic nitrogens is 3. The number of pyridine rings is 1. The van der Waals surface area contributed by atoms with Crippen LogP contribution in [0.5, 0.6) is 0 Å². The molecule has 2 aromatic heterocycles. The molecule has 0 atom stereocenters. The van der Waals surface area contributed by atoms with Gasteiger partial charge in [-0.2, -0.15) is 0 Å². The van der Waals surface area contributed by atoms with Crippen LogP contribution >= 0.6 is 0 Å². The third-order valence-corrected chi connectivity index (χ3v) is 5.76. The van der Waals surface area contributed by atoms with Crippen LogP contribution < -0.4 is 11.1 Å². The highest BCUT2D eigenvalue weighted by Gasteiger charge is 2.18. The van der Waals surface area contributed by atoms with E-state index in [1.807, 2.05) is 37.4 Å². The van der Waals surface area contributed by atoms with Gasteiger partial charge in [-0.05, 0) is 66.6 Å². The number of primary amides is 1. The molecular formula is C27H20FN5O2. The zero-order valence-electron chi connectivity index (χ0n) is 18.7. The molecule has 0 aliphatic rings. The van der Waals surface area contributed by atoms with Crippen LogP contribution in [-0.2, 0) is 0 Å². The zero-order chi connectivity index (χ0) is 24.5. The highest BCUT2D eigenvalue weighted by Crippen LogP contribution is 2.29. The van der Waals surface area contributed by atoms with Crippen LogP contribution in [0, 0.1) is 12.7 Å². The van der Waals surface area contributed by atoms with E-state index in [2.05, 4.69) is 15.5 Å². The summed E-state index contributed by atoms with van der Waals surface area (Å²) < 4.78 is 15.0. The maximum Gasteiger partial charge on any atom is 0.255 e. The fourth-order valence-electron chi connectivity index (χ4n) is 3.98. The second-order valence-electron chi connectivity index (χ2n) is 8.04. The standard InChI is InChI=1S/C27H20FN5O2/c1-16-8-9-17(15-23(16)27(35)30-19-12-10-18(28)11-13-19)20-7-4-14-33-25(20)31-32-26(33)22-6-3-2-5-21(22)24(29)34/h2-15H,1H3,(H2,29,34)(H,30,35). The molecule has 0 spiro atoms. The van der Waals surface area contributed by atoms with Crippen LogP contribution in [0.25, 0.3) is 28.2 Å². The minimum atomic E-state index is -0.552. The molecule has 8 heteroatoms. The fourth-order valence-corrected chi connectivity index (χ4v) is 3.98. The predicted molar refractivity (Wildman–Crippen MR) is 131 cm³/mol. The normalized spacial score (nSPS) is 10.9. The molecule has 2 heterocycles. The van der Waals surface area contributed by atoms with Crippen LogP contribution in [0.15, 0.2) is 85.1 Å². The number of rotatable bonds is 5. The van der Waals surface area contributed by atoms with Crippen molar-refractivity contribution >= 4 is 23.1 Å². The molecule has 0 aliphatic carbocycles. The number of aryl methyl sites for hydroxylation is 1. The third kappa shape index (κ3) is 4.13. The van der Waals surface area contributed by atoms with Crippen molar-refractivity contribution in [3.05, 3.63) is 108 Å². The van der Waals surface area contributed by atoms with Gasteiger partial charge in [0, 0.05) is 28.6 Å². The lowest BCUT2D eigenvalue weighted by Gasteiger charge is -2.11. The number of nitrogens with zero attached hydrogens (tertiary/aromatic N) is 3. The monoisotopic (exact) mass is 465 g/mol. The molecule has 3 N–H and O–H groups in total. The highest BCUT2D eigenvalue weighted by atomic mass is 19.1. The van der Waals surface area contributed by atoms with E-state index in [1.165, 1.54) is 24.3 Å². The van der Waals surface area contributed by atoms with Crippen LogP contribution in [0.1, 0.15) is 26.3 Å². The number of carbonyl (C=O) groups is 2. The summed E-state index contributed by atoms with van der Waals surface area (Å²) in [4.78, 5) is 24.9. The molecular weight excluding hydrogens is 445 g/mol. The van der Waals surface area contributed by atoms with Gasteiger partial charge >= 0.3 is 0 Å². The van der Waals surface area contributed by atoms with E-state index in [4.69, 9.17) is 5.73 Å². The van der Waals surface area contributed by atoms with Gasteiger partial charge in [-0.3, -0.25) is 14.0 Å². The topological polar surface area (TPSA) is 102 Å². The third-order valence-electron chi connectivity index (χ3n) is 5.76. The highest BCUT2D eigenvalue weighted by molar-refractivity contribution is 6.06. The summed E-state index contributed by atoms with van der Waals surface area (Å²) in [6.45, 7) is 1.85. The molecule has 5 rings (SSSR count). The lowest BCUT2D eigenvalue weighted by molar-refractivity contribution is 0.0998. The molecule has 7 nitrogen and oxygen atoms in total. The average molecular weight is 465 g/mol. The average Bonchev–Trinajstić information content (AvgIpc) is 3.30. The molecule has 0 saturated heterocycles. The van der Waals surface area contributed by atoms with Crippen molar-refractivity contribution in [1.82, 2.24) is 14.6 Å². The van der Waals surface area contributed by atoms with E-state index < -0.39 is 5.91 Å². The Kier molecular flexibility index (Phi) is 5.54. The summed E-state index contributed by atoms with van der Waals surface area (Å²) in [7, 11) is 0. The first-order valence-corrected chi connectivity index (χ1v) is 10.8. The smallest absolute Gasteiger partial charge is 0.255 e. The largest absolute Gasteiger partial charge is 0.366 e. The Hall–Kier alpha value is -4.85. The first-order chi connectivity index (χ1) is 16.9. The van der Waals surface area contributed by atoms with E-state index in [9.17, 15) is 14.0 Å². The van der Waals surface area contributed by atoms with Crippen molar-refractivity contribution in [1.29, 1.82) is 0 Å². The maximum atomic E-state index is 13.2. The van der Waals surface area contributed by atoms with Crippen LogP contribution in [0.4, 0.5) is 10.1 Å². The van der Waals surface area contributed by atoms with Gasteiger partial charge in [-0.15, -0.1) is 10.2 Å². The molecule has 172 valence electrons. The Bertz CT molecular complexity index is 1590. The zero-order valence-corrected chi connectivity index (χ0v) is 18.7. The van der Waals surface area contributed by atoms with E-state index in [1.54, 1.807) is 34.7 Å².